The Balaban J connectivity index is 0.000000415. The Morgan fingerprint density at radius 3 is 1.97 bits per heavy atom. The Kier molecular flexibility index (Phi) is 26.7. The van der Waals surface area contributed by atoms with Gasteiger partial charge in [0.15, 0.2) is 11.8 Å². The average molecular weight is 872 g/mol. The molecule has 2 fully saturated rings. The number of hydrogen-bond donors (Lipinski definition) is 8. The molecule has 0 saturated carbocycles. The van der Waals surface area contributed by atoms with E-state index in [1.165, 1.54) is 85.7 Å². The second kappa shape index (κ2) is 30.1. The molecule has 0 radical (unpaired) electrons. The van der Waals surface area contributed by atoms with Crippen LogP contribution in [0.5, 0.6) is 0 Å². The number of hydrogen-bond acceptors (Lipinski definition) is 15. The second-order valence-corrected chi connectivity index (χ2v) is 14.7. The monoisotopic (exact) mass is 871 g/mol. The summed E-state index contributed by atoms with van der Waals surface area (Å²) in [5.41, 5.74) is 17.0. The number of alkyl halides is 1. The molecule has 3 aliphatic rings. The molecule has 0 aliphatic carbocycles. The number of anilines is 1. The number of unbranched alkanes of at least 4 members (excludes halogenated alkanes) is 10. The molecule has 0 aromatic carbocycles. The largest absolute Gasteiger partial charge is 0.481 e. The van der Waals surface area contributed by atoms with Gasteiger partial charge < -0.3 is 46.5 Å². The number of amides is 1. The SMILES string of the molecule is CC1=CN(C2CC(F)C(CO)O2)C(=O)CC1=O.CCCCCCCCCCCCCC(=O)O.N=[N+]=NC1CC(n2ccc(N)nc2=O)OC1CO.NC(CCC(=O)O)C(=O)O. The van der Waals surface area contributed by atoms with Gasteiger partial charge in [-0.1, -0.05) is 71.1 Å². The van der Waals surface area contributed by atoms with E-state index in [4.69, 9.17) is 52.0 Å². The molecular weight excluding hydrogens is 807 g/mol. The molecule has 4 heterocycles. The van der Waals surface area contributed by atoms with Crippen LogP contribution < -0.4 is 22.1 Å². The Bertz CT molecular complexity index is 1680. The summed E-state index contributed by atoms with van der Waals surface area (Å²) in [6, 6.07) is -0.0176. The maximum absolute atomic E-state index is 13.4. The number of nitrogen functional groups attached to an aromatic ring is 1. The van der Waals surface area contributed by atoms with Crippen molar-refractivity contribution >= 4 is 35.4 Å². The van der Waals surface area contributed by atoms with Crippen LogP contribution in [0.1, 0.15) is 129 Å². The van der Waals surface area contributed by atoms with Gasteiger partial charge in [0.25, 0.3) is 0 Å². The van der Waals surface area contributed by atoms with E-state index in [-0.39, 0.29) is 43.9 Å². The first kappa shape index (κ1) is 54.0. The number of rotatable bonds is 21. The fourth-order valence-electron chi connectivity index (χ4n) is 6.22. The number of halogens is 1. The molecule has 3 aliphatic heterocycles. The standard InChI is InChI=1S/C14H28O2.C11H14FNO4.C9H12N6O3.C5H9NO4/c1-2-3-4-5-6-7-8-9-10-11-12-13-14(15)16;1-6-4-13(10(16)3-8(6)15)11-2-7(12)9(5-14)17-11;10-7-1-2-15(9(17)12-7)8-3-5(13-14-11)6(4-16)18-8;6-3(5(9)10)1-2-4(7)8/h2-13H2,1H3,(H,15,16);4,7,9,11,14H,2-3,5H2,1H3;1-2,5-6,8,11,16H,3-4H2,(H-,10,12,17);3H,1-2,6H2,(H,7,8)(H,9,10)/p+1. The molecule has 7 atom stereocenters. The Morgan fingerprint density at radius 2 is 1.48 bits per heavy atom. The van der Waals surface area contributed by atoms with Crippen LogP contribution in [0.2, 0.25) is 0 Å². The lowest BCUT2D eigenvalue weighted by molar-refractivity contribution is -0.145. The maximum Gasteiger partial charge on any atom is 0.351 e. The second-order valence-electron chi connectivity index (χ2n) is 14.7. The molecule has 2 saturated heterocycles. The normalized spacial score (nSPS) is 22.3. The number of ether oxygens (including phenoxy) is 2. The van der Waals surface area contributed by atoms with Gasteiger partial charge in [-0.3, -0.25) is 33.4 Å². The highest BCUT2D eigenvalue weighted by molar-refractivity contribution is 6.09. The predicted molar refractivity (Wildman–Crippen MR) is 216 cm³/mol. The van der Waals surface area contributed by atoms with Gasteiger partial charge in [0.2, 0.25) is 10.8 Å². The third-order valence-electron chi connectivity index (χ3n) is 9.76. The van der Waals surface area contributed by atoms with Gasteiger partial charge in [-0.05, 0) is 25.8 Å². The number of ketones is 1. The fraction of sp³-hybridized carbons (Fsp3) is 0.718. The number of nitrogens with two attached hydrogens (primary N) is 2. The number of aliphatic hydroxyl groups is 2. The quantitative estimate of drug-likeness (QED) is 0.0380. The molecular formula is C39H64FN8O13+. The first-order valence-corrected chi connectivity index (χ1v) is 20.5. The molecule has 7 unspecified atom stereocenters. The van der Waals surface area contributed by atoms with Gasteiger partial charge in [0, 0.05) is 43.7 Å². The number of nitrogens with one attached hydrogen (secondary N) is 1. The zero-order valence-electron chi connectivity index (χ0n) is 35.0. The third kappa shape index (κ3) is 21.4. The van der Waals surface area contributed by atoms with Crippen molar-refractivity contribution in [1.29, 1.82) is 5.53 Å². The van der Waals surface area contributed by atoms with E-state index in [1.807, 2.05) is 0 Å². The number of nitrogens with zero attached hydrogens (tertiary/aromatic N) is 5. The lowest BCUT2D eigenvalue weighted by Gasteiger charge is -2.28. The van der Waals surface area contributed by atoms with Crippen molar-refractivity contribution in [2.24, 2.45) is 10.8 Å². The van der Waals surface area contributed by atoms with Gasteiger partial charge in [-0.15, -0.1) is 0 Å². The molecule has 0 spiro atoms. The number of carboxylic acids is 3. The molecule has 21 nitrogen and oxygen atoms in total. The first-order chi connectivity index (χ1) is 29.0. The maximum atomic E-state index is 13.4. The molecule has 0 bridgehead atoms. The Labute approximate surface area is 353 Å². The number of aliphatic hydroxyl groups excluding tert-OH is 2. The van der Waals surface area contributed by atoms with Crippen molar-refractivity contribution in [1.82, 2.24) is 19.4 Å². The highest BCUT2D eigenvalue weighted by Gasteiger charge is 2.41. The molecule has 344 valence electrons. The van der Waals surface area contributed by atoms with Crippen LogP contribution in [0.3, 0.4) is 0 Å². The van der Waals surface area contributed by atoms with Crippen LogP contribution in [-0.4, -0.2) is 119 Å². The van der Waals surface area contributed by atoms with Gasteiger partial charge in [-0.2, -0.15) is 4.98 Å². The summed E-state index contributed by atoms with van der Waals surface area (Å²) < 4.78 is 25.4. The summed E-state index contributed by atoms with van der Waals surface area (Å²) in [6.45, 7) is 3.18. The fourth-order valence-corrected chi connectivity index (χ4v) is 6.22. The number of carboxylic acid groups (broad SMARTS) is 3. The van der Waals surface area contributed by atoms with E-state index < -0.39 is 79.0 Å². The minimum atomic E-state index is -1.29. The van der Waals surface area contributed by atoms with E-state index in [2.05, 4.69) is 21.9 Å². The van der Waals surface area contributed by atoms with Crippen molar-refractivity contribution in [3.8, 4) is 0 Å². The third-order valence-corrected chi connectivity index (χ3v) is 9.76. The van der Waals surface area contributed by atoms with E-state index in [9.17, 15) is 33.2 Å². The van der Waals surface area contributed by atoms with Crippen molar-refractivity contribution in [2.75, 3.05) is 18.9 Å². The minimum absolute atomic E-state index is 0.0228. The Hall–Kier alpha value is -4.99. The molecule has 61 heavy (non-hydrogen) atoms. The Morgan fingerprint density at radius 1 is 0.918 bits per heavy atom. The summed E-state index contributed by atoms with van der Waals surface area (Å²) in [5, 5.41) is 46.4. The summed E-state index contributed by atoms with van der Waals surface area (Å²) in [4.78, 5) is 72.5. The van der Waals surface area contributed by atoms with Crippen LogP contribution in [0.4, 0.5) is 10.2 Å². The van der Waals surface area contributed by atoms with Crippen molar-refractivity contribution in [3.63, 3.8) is 0 Å². The smallest absolute Gasteiger partial charge is 0.351 e. The van der Waals surface area contributed by atoms with Crippen molar-refractivity contribution in [3.05, 3.63) is 34.5 Å². The zero-order chi connectivity index (χ0) is 45.9. The summed E-state index contributed by atoms with van der Waals surface area (Å²) in [6.07, 6.45) is 13.1. The number of Topliss-reactive ketones (excluding diaryl/α,β-unsaturated/α-hetero) is 1. The zero-order valence-corrected chi connectivity index (χ0v) is 35.0. The summed E-state index contributed by atoms with van der Waals surface area (Å²) in [7, 11) is 0. The van der Waals surface area contributed by atoms with Gasteiger partial charge >= 0.3 is 23.6 Å². The molecule has 10 N–H and O–H groups in total. The van der Waals surface area contributed by atoms with Crippen molar-refractivity contribution < 1.29 is 63.4 Å². The van der Waals surface area contributed by atoms with Crippen molar-refractivity contribution in [2.45, 2.75) is 166 Å². The van der Waals surface area contributed by atoms with Crippen LogP contribution in [0.25, 0.3) is 0 Å². The summed E-state index contributed by atoms with van der Waals surface area (Å²) in [5.74, 6) is -3.33. The summed E-state index contributed by atoms with van der Waals surface area (Å²) >= 11 is 0. The van der Waals surface area contributed by atoms with E-state index in [0.717, 1.165) is 12.8 Å². The number of aliphatic carboxylic acids is 3. The molecule has 1 aromatic heterocycles. The minimum Gasteiger partial charge on any atom is -0.481 e. The predicted octanol–water partition coefficient (Wildman–Crippen LogP) is 3.20. The highest BCUT2D eigenvalue weighted by atomic mass is 19.1. The first-order valence-electron chi connectivity index (χ1n) is 20.5. The van der Waals surface area contributed by atoms with E-state index in [1.54, 1.807) is 6.92 Å². The van der Waals surface area contributed by atoms with Crippen LogP contribution >= 0.6 is 0 Å². The number of carbonyl (C=O) groups is 5. The van der Waals surface area contributed by atoms with Gasteiger partial charge in [0.1, 0.15) is 53.3 Å². The lowest BCUT2D eigenvalue weighted by atomic mass is 10.1. The number of allylic oxidation sites excluding steroid dienone is 1. The van der Waals surface area contributed by atoms with Gasteiger partial charge in [-0.25, -0.2) is 9.18 Å². The molecule has 1 aromatic rings. The lowest BCUT2D eigenvalue weighted by Crippen LogP contribution is -2.40. The topological polar surface area (TPSA) is 345 Å². The molecule has 22 heteroatoms. The number of aromatic nitrogens is 2. The van der Waals surface area contributed by atoms with Gasteiger partial charge in [0.05, 0.1) is 19.6 Å². The van der Waals surface area contributed by atoms with Crippen LogP contribution in [0, 0.1) is 5.53 Å². The van der Waals surface area contributed by atoms with E-state index in [0.29, 0.717) is 18.4 Å². The molecule has 1 amide bonds. The number of carbonyl (C=O) groups excluding carboxylic acids is 2. The average Bonchev–Trinajstić information content (AvgIpc) is 3.80. The highest BCUT2D eigenvalue weighted by Crippen LogP contribution is 2.30. The van der Waals surface area contributed by atoms with Crippen LogP contribution in [-0.2, 0) is 33.4 Å². The van der Waals surface area contributed by atoms with E-state index >= 15 is 0 Å². The van der Waals surface area contributed by atoms with Crippen LogP contribution in [0.15, 0.2) is 33.9 Å². The molecule has 4 rings (SSSR count).